The molecular formula is C21H22N2O4. The maximum Gasteiger partial charge on any atom is 0.254 e. The minimum atomic E-state index is -0.192. The number of rotatable bonds is 4. The van der Waals surface area contributed by atoms with Crippen LogP contribution in [-0.2, 0) is 4.79 Å². The largest absolute Gasteiger partial charge is 0.454 e. The van der Waals surface area contributed by atoms with E-state index >= 15 is 0 Å². The van der Waals surface area contributed by atoms with Crippen LogP contribution in [0.25, 0.3) is 0 Å². The second-order valence-electron chi connectivity index (χ2n) is 7.21. The number of carbonyl (C=O) groups excluding carboxylic acids is 2. The molecule has 1 fully saturated rings. The lowest BCUT2D eigenvalue weighted by Crippen LogP contribution is -2.54. The summed E-state index contributed by atoms with van der Waals surface area (Å²) in [5.74, 6) is 1.23. The Hall–Kier alpha value is -3.02. The highest BCUT2D eigenvalue weighted by Gasteiger charge is 2.36. The SMILES string of the molecule is CC(C)c1ccccc1NC(=O)C1CN(C(=O)c2ccc3c(c2)OCO3)C1. The average Bonchev–Trinajstić information content (AvgIpc) is 3.08. The first-order valence-electron chi connectivity index (χ1n) is 9.11. The Morgan fingerprint density at radius 1 is 1.07 bits per heavy atom. The van der Waals surface area contributed by atoms with Gasteiger partial charge in [0.05, 0.1) is 5.92 Å². The number of hydrogen-bond donors (Lipinski definition) is 1. The number of amides is 2. The maximum atomic E-state index is 12.6. The summed E-state index contributed by atoms with van der Waals surface area (Å²) in [5, 5.41) is 3.01. The van der Waals surface area contributed by atoms with Gasteiger partial charge in [-0.25, -0.2) is 0 Å². The van der Waals surface area contributed by atoms with Crippen LogP contribution in [0.1, 0.15) is 35.7 Å². The summed E-state index contributed by atoms with van der Waals surface area (Å²) in [6.07, 6.45) is 0. The molecule has 6 nitrogen and oxygen atoms in total. The standard InChI is InChI=1S/C21H22N2O4/c1-13(2)16-5-3-4-6-17(16)22-20(24)15-10-23(11-15)21(25)14-7-8-18-19(9-14)27-12-26-18/h3-9,13,15H,10-12H2,1-2H3,(H,22,24). The Kier molecular flexibility index (Phi) is 4.48. The van der Waals surface area contributed by atoms with Crippen molar-refractivity contribution in [3.05, 3.63) is 53.6 Å². The third-order valence-corrected chi connectivity index (χ3v) is 5.00. The molecule has 0 aromatic heterocycles. The molecule has 2 aliphatic rings. The lowest BCUT2D eigenvalue weighted by molar-refractivity contribution is -0.123. The first kappa shape index (κ1) is 17.4. The smallest absolute Gasteiger partial charge is 0.254 e. The summed E-state index contributed by atoms with van der Waals surface area (Å²) in [6, 6.07) is 13.0. The molecule has 0 radical (unpaired) electrons. The second kappa shape index (κ2) is 6.95. The number of para-hydroxylation sites is 1. The molecule has 0 aliphatic carbocycles. The van der Waals surface area contributed by atoms with Gasteiger partial charge in [-0.2, -0.15) is 0 Å². The van der Waals surface area contributed by atoms with Crippen molar-refractivity contribution in [2.24, 2.45) is 5.92 Å². The minimum Gasteiger partial charge on any atom is -0.454 e. The van der Waals surface area contributed by atoms with Crippen LogP contribution in [0, 0.1) is 5.92 Å². The molecule has 0 saturated carbocycles. The van der Waals surface area contributed by atoms with Crippen LogP contribution >= 0.6 is 0 Å². The van der Waals surface area contributed by atoms with E-state index in [1.165, 1.54) is 0 Å². The summed E-state index contributed by atoms with van der Waals surface area (Å²) >= 11 is 0. The van der Waals surface area contributed by atoms with Gasteiger partial charge in [0, 0.05) is 24.3 Å². The molecule has 0 atom stereocenters. The van der Waals surface area contributed by atoms with Crippen LogP contribution < -0.4 is 14.8 Å². The van der Waals surface area contributed by atoms with E-state index in [1.54, 1.807) is 23.1 Å². The van der Waals surface area contributed by atoms with E-state index in [0.717, 1.165) is 11.3 Å². The Labute approximate surface area is 158 Å². The van der Waals surface area contributed by atoms with E-state index in [0.29, 0.717) is 36.1 Å². The molecule has 27 heavy (non-hydrogen) atoms. The van der Waals surface area contributed by atoms with Gasteiger partial charge in [-0.1, -0.05) is 32.0 Å². The molecule has 2 aromatic carbocycles. The first-order valence-corrected chi connectivity index (χ1v) is 9.11. The monoisotopic (exact) mass is 366 g/mol. The van der Waals surface area contributed by atoms with E-state index < -0.39 is 0 Å². The van der Waals surface area contributed by atoms with Crippen LogP contribution in [0.3, 0.4) is 0 Å². The predicted octanol–water partition coefficient (Wildman–Crippen LogP) is 3.25. The zero-order chi connectivity index (χ0) is 19.0. The number of fused-ring (bicyclic) bond motifs is 1. The second-order valence-corrected chi connectivity index (χ2v) is 7.21. The van der Waals surface area contributed by atoms with Crippen LogP contribution in [0.4, 0.5) is 5.69 Å². The fourth-order valence-corrected chi connectivity index (χ4v) is 3.37. The third-order valence-electron chi connectivity index (χ3n) is 5.00. The normalized spacial score (nSPS) is 15.6. The molecule has 2 aromatic rings. The number of carbonyl (C=O) groups is 2. The highest BCUT2D eigenvalue weighted by atomic mass is 16.7. The van der Waals surface area contributed by atoms with Crippen molar-refractivity contribution in [2.75, 3.05) is 25.2 Å². The molecule has 4 rings (SSSR count). The van der Waals surface area contributed by atoms with Crippen molar-refractivity contribution in [1.82, 2.24) is 4.90 Å². The van der Waals surface area contributed by atoms with Gasteiger partial charge in [0.1, 0.15) is 0 Å². The molecular weight excluding hydrogens is 344 g/mol. The van der Waals surface area contributed by atoms with Crippen LogP contribution in [-0.4, -0.2) is 36.6 Å². The van der Waals surface area contributed by atoms with Crippen LogP contribution in [0.5, 0.6) is 11.5 Å². The zero-order valence-electron chi connectivity index (χ0n) is 15.4. The van der Waals surface area contributed by atoms with Gasteiger partial charge in [0.2, 0.25) is 12.7 Å². The Morgan fingerprint density at radius 3 is 2.59 bits per heavy atom. The Balaban J connectivity index is 1.36. The molecule has 0 unspecified atom stereocenters. The number of hydrogen-bond acceptors (Lipinski definition) is 4. The van der Waals surface area contributed by atoms with E-state index in [2.05, 4.69) is 19.2 Å². The van der Waals surface area contributed by atoms with Gasteiger partial charge >= 0.3 is 0 Å². The fraction of sp³-hybridized carbons (Fsp3) is 0.333. The van der Waals surface area contributed by atoms with Gasteiger partial charge in [-0.05, 0) is 35.7 Å². The highest BCUT2D eigenvalue weighted by molar-refractivity contribution is 5.99. The third kappa shape index (κ3) is 3.35. The number of likely N-dealkylation sites (tertiary alicyclic amines) is 1. The minimum absolute atomic E-state index is 0.0437. The average molecular weight is 366 g/mol. The number of anilines is 1. The predicted molar refractivity (Wildman–Crippen MR) is 101 cm³/mol. The fourth-order valence-electron chi connectivity index (χ4n) is 3.37. The highest BCUT2D eigenvalue weighted by Crippen LogP contribution is 2.33. The van der Waals surface area contributed by atoms with E-state index in [-0.39, 0.29) is 24.5 Å². The molecule has 2 amide bonds. The number of nitrogens with one attached hydrogen (secondary N) is 1. The van der Waals surface area contributed by atoms with Crippen molar-refractivity contribution in [2.45, 2.75) is 19.8 Å². The molecule has 6 heteroatoms. The van der Waals surface area contributed by atoms with Crippen LogP contribution in [0.2, 0.25) is 0 Å². The first-order chi connectivity index (χ1) is 13.0. The summed E-state index contributed by atoms with van der Waals surface area (Å²) in [7, 11) is 0. The maximum absolute atomic E-state index is 12.6. The molecule has 140 valence electrons. The lowest BCUT2D eigenvalue weighted by atomic mass is 9.96. The zero-order valence-corrected chi connectivity index (χ0v) is 15.4. The van der Waals surface area contributed by atoms with Gasteiger partial charge in [-0.3, -0.25) is 9.59 Å². The lowest BCUT2D eigenvalue weighted by Gasteiger charge is -2.38. The molecule has 2 aliphatic heterocycles. The molecule has 0 spiro atoms. The van der Waals surface area contributed by atoms with Crippen molar-refractivity contribution < 1.29 is 19.1 Å². The number of benzene rings is 2. The number of ether oxygens (including phenoxy) is 2. The van der Waals surface area contributed by atoms with E-state index in [9.17, 15) is 9.59 Å². The number of nitrogens with zero attached hydrogens (tertiary/aromatic N) is 1. The molecule has 0 bridgehead atoms. The van der Waals surface area contributed by atoms with Crippen molar-refractivity contribution in [1.29, 1.82) is 0 Å². The van der Waals surface area contributed by atoms with E-state index in [1.807, 2.05) is 24.3 Å². The van der Waals surface area contributed by atoms with Gasteiger partial charge in [-0.15, -0.1) is 0 Å². The summed E-state index contributed by atoms with van der Waals surface area (Å²) in [5.41, 5.74) is 2.50. The van der Waals surface area contributed by atoms with Gasteiger partial charge in [0.25, 0.3) is 5.91 Å². The van der Waals surface area contributed by atoms with Crippen molar-refractivity contribution in [3.8, 4) is 11.5 Å². The quantitative estimate of drug-likeness (QED) is 0.902. The Morgan fingerprint density at radius 2 is 1.81 bits per heavy atom. The molecule has 1 saturated heterocycles. The summed E-state index contributed by atoms with van der Waals surface area (Å²) in [4.78, 5) is 26.8. The van der Waals surface area contributed by atoms with Crippen LogP contribution in [0.15, 0.2) is 42.5 Å². The Bertz CT molecular complexity index is 888. The summed E-state index contributed by atoms with van der Waals surface area (Å²) in [6.45, 7) is 5.21. The topological polar surface area (TPSA) is 67.9 Å². The summed E-state index contributed by atoms with van der Waals surface area (Å²) < 4.78 is 10.6. The van der Waals surface area contributed by atoms with Crippen molar-refractivity contribution >= 4 is 17.5 Å². The van der Waals surface area contributed by atoms with E-state index in [4.69, 9.17) is 9.47 Å². The molecule has 1 N–H and O–H groups in total. The molecule has 2 heterocycles. The van der Waals surface area contributed by atoms with Crippen molar-refractivity contribution in [3.63, 3.8) is 0 Å². The van der Waals surface area contributed by atoms with Gasteiger partial charge in [0.15, 0.2) is 11.5 Å². The van der Waals surface area contributed by atoms with Gasteiger partial charge < -0.3 is 19.7 Å².